The summed E-state index contributed by atoms with van der Waals surface area (Å²) >= 11 is 0. The first kappa shape index (κ1) is 28.0. The fourth-order valence-corrected chi connectivity index (χ4v) is 10.3. The summed E-state index contributed by atoms with van der Waals surface area (Å²) in [5.74, 6) is -0.701. The first-order chi connectivity index (χ1) is 18.1. The van der Waals surface area contributed by atoms with Crippen LogP contribution in [0.2, 0.25) is 0 Å². The van der Waals surface area contributed by atoms with Crippen molar-refractivity contribution >= 4 is 23.7 Å². The number of amides is 1. The predicted octanol–water partition coefficient (Wildman–Crippen LogP) is 5.96. The van der Waals surface area contributed by atoms with Gasteiger partial charge in [0.2, 0.25) is 5.91 Å². The summed E-state index contributed by atoms with van der Waals surface area (Å²) in [7, 11) is 0. The maximum absolute atomic E-state index is 14.5. The number of nitrogens with zero attached hydrogens (tertiary/aromatic N) is 2. The van der Waals surface area contributed by atoms with E-state index in [0.29, 0.717) is 13.0 Å². The van der Waals surface area contributed by atoms with Crippen molar-refractivity contribution in [1.29, 1.82) is 5.26 Å². The van der Waals surface area contributed by atoms with E-state index in [0.717, 1.165) is 50.3 Å². The third kappa shape index (κ3) is 3.37. The van der Waals surface area contributed by atoms with Crippen molar-refractivity contribution < 1.29 is 14.4 Å². The van der Waals surface area contributed by atoms with Crippen LogP contribution in [0.1, 0.15) is 93.4 Å². The highest BCUT2D eigenvalue weighted by Gasteiger charge is 2.70. The fraction of sp³-hybridized carbons (Fsp3) is 0.727. The van der Waals surface area contributed by atoms with Gasteiger partial charge in [0.05, 0.1) is 11.0 Å². The number of ketones is 2. The van der Waals surface area contributed by atoms with Gasteiger partial charge in [0.25, 0.3) is 0 Å². The molecule has 0 heterocycles. The van der Waals surface area contributed by atoms with Crippen molar-refractivity contribution in [3.05, 3.63) is 28.7 Å². The van der Waals surface area contributed by atoms with E-state index in [2.05, 4.69) is 46.0 Å². The maximum atomic E-state index is 14.5. The topological polar surface area (TPSA) is 109 Å². The number of allylic oxidation sites excluding steroid dienone is 4. The van der Waals surface area contributed by atoms with E-state index in [1.54, 1.807) is 13.0 Å². The van der Waals surface area contributed by atoms with E-state index in [1.807, 2.05) is 13.0 Å². The van der Waals surface area contributed by atoms with E-state index in [-0.39, 0.29) is 57.0 Å². The summed E-state index contributed by atoms with van der Waals surface area (Å²) in [6.45, 7) is 15.4. The monoisotopic (exact) mass is 530 g/mol. The van der Waals surface area contributed by atoms with Crippen molar-refractivity contribution in [2.24, 2.45) is 50.2 Å². The van der Waals surface area contributed by atoms with Crippen LogP contribution in [0.3, 0.4) is 0 Å². The molecule has 6 nitrogen and oxygen atoms in total. The van der Waals surface area contributed by atoms with Gasteiger partial charge >= 0.3 is 0 Å². The molecule has 1 amide bonds. The van der Waals surface area contributed by atoms with Gasteiger partial charge in [0, 0.05) is 23.3 Å². The molecule has 8 atom stereocenters. The first-order valence-electron chi connectivity index (χ1n) is 14.8. The zero-order chi connectivity index (χ0) is 28.8. The van der Waals surface area contributed by atoms with Crippen LogP contribution < -0.4 is 5.32 Å². The summed E-state index contributed by atoms with van der Waals surface area (Å²) in [6, 6.07) is 2.09. The molecule has 39 heavy (non-hydrogen) atoms. The lowest BCUT2D eigenvalue weighted by molar-refractivity contribution is -0.177. The molecule has 3 unspecified atom stereocenters. The van der Waals surface area contributed by atoms with Gasteiger partial charge in [0.1, 0.15) is 6.07 Å². The van der Waals surface area contributed by atoms with Crippen LogP contribution in [0, 0.1) is 61.6 Å². The minimum Gasteiger partial charge on any atom is -0.813 e. The second-order valence-corrected chi connectivity index (χ2v) is 15.0. The highest BCUT2D eigenvalue weighted by Crippen LogP contribution is 2.74. The Morgan fingerprint density at radius 2 is 1.77 bits per heavy atom. The standard InChI is InChI=1S/C33H44N3O3/c1-8-36-27(39)33-13-11-28(2,3)17-21(33)25-22(37)15-24-29(4)16-20(18-34)26(38)30(5,19-35)23(29)9-10-31(24,6)32(25,7)12-14-33/h15-16,19,21,23,25H,8-14,17H2,1-7H3,(H,36,39)/q-1/t21?,23?,25?,29-,30-,31+,32+,33-/m0/s1. The van der Waals surface area contributed by atoms with Crippen molar-refractivity contribution in [2.75, 3.05) is 6.54 Å². The average molecular weight is 531 g/mol. The van der Waals surface area contributed by atoms with E-state index in [4.69, 9.17) is 0 Å². The highest BCUT2D eigenvalue weighted by atomic mass is 16.2. The molecule has 5 aliphatic rings. The summed E-state index contributed by atoms with van der Waals surface area (Å²) in [5, 5.41) is 23.4. The van der Waals surface area contributed by atoms with Crippen LogP contribution in [0.4, 0.5) is 0 Å². The lowest BCUT2D eigenvalue weighted by Gasteiger charge is -2.69. The molecule has 5 rings (SSSR count). The van der Waals surface area contributed by atoms with Gasteiger partial charge in [-0.1, -0.05) is 53.2 Å². The van der Waals surface area contributed by atoms with Crippen molar-refractivity contribution in [1.82, 2.24) is 5.32 Å². The van der Waals surface area contributed by atoms with Gasteiger partial charge in [-0.2, -0.15) is 5.26 Å². The Balaban J connectivity index is 1.70. The Labute approximate surface area is 233 Å². The lowest BCUT2D eigenvalue weighted by atomic mass is 9.34. The average Bonchev–Trinajstić information content (AvgIpc) is 2.87. The molecule has 1 N–H and O–H groups in total. The lowest BCUT2D eigenvalue weighted by Crippen LogP contribution is -2.66. The number of carbonyl (C=O) groups is 3. The number of hydrogen-bond acceptors (Lipinski definition) is 4. The second-order valence-electron chi connectivity index (χ2n) is 15.0. The third-order valence-electron chi connectivity index (χ3n) is 12.7. The number of fused-ring (bicyclic) bond motifs is 7. The highest BCUT2D eigenvalue weighted by molar-refractivity contribution is 6.13. The number of Topliss-reactive ketones (excluding diaryl/α,β-unsaturated/α-hetero) is 1. The molecular formula is C33H44N3O3-. The largest absolute Gasteiger partial charge is 0.813 e. The predicted molar refractivity (Wildman–Crippen MR) is 151 cm³/mol. The van der Waals surface area contributed by atoms with Gasteiger partial charge in [-0.25, -0.2) is 6.21 Å². The molecule has 6 heteroatoms. The van der Waals surface area contributed by atoms with Crippen LogP contribution in [0.5, 0.6) is 0 Å². The summed E-state index contributed by atoms with van der Waals surface area (Å²) in [6.07, 6.45) is 10.3. The quantitative estimate of drug-likeness (QED) is 0.454. The number of nitriles is 1. The van der Waals surface area contributed by atoms with Gasteiger partial charge < -0.3 is 10.7 Å². The Kier molecular flexibility index (Phi) is 6.09. The molecule has 0 radical (unpaired) electrons. The van der Waals surface area contributed by atoms with Gasteiger partial charge in [-0.3, -0.25) is 14.4 Å². The molecule has 0 spiro atoms. The summed E-state index contributed by atoms with van der Waals surface area (Å²) in [4.78, 5) is 41.5. The van der Waals surface area contributed by atoms with Crippen molar-refractivity contribution in [3.63, 3.8) is 0 Å². The minimum absolute atomic E-state index is 0.0339. The molecule has 3 fully saturated rings. The number of hydrogen-bond donors (Lipinski definition) is 1. The van der Waals surface area contributed by atoms with Gasteiger partial charge in [-0.15, -0.1) is 0 Å². The smallest absolute Gasteiger partial charge is 0.226 e. The Bertz CT molecular complexity index is 1270. The van der Waals surface area contributed by atoms with Crippen LogP contribution in [-0.4, -0.2) is 30.2 Å². The third-order valence-corrected chi connectivity index (χ3v) is 12.7. The Morgan fingerprint density at radius 3 is 2.38 bits per heavy atom. The molecule has 0 aromatic carbocycles. The van der Waals surface area contributed by atoms with E-state index in [1.165, 1.54) is 0 Å². The molecule has 5 aliphatic carbocycles. The SMILES string of the molecule is CCNC(=O)[C@]12CCC(C)(C)CC1C1C(=O)C=C3[C@@]4(C)C=C(C#N)C(=O)[C@@](C)(C=[N-])C4CC[C@@]3(C)[C@]1(C)CC2. The number of nitrogens with one attached hydrogen (secondary N) is 1. The molecule has 3 saturated carbocycles. The van der Waals surface area contributed by atoms with E-state index in [9.17, 15) is 25.1 Å². The second kappa shape index (κ2) is 8.48. The molecule has 210 valence electrons. The normalized spacial score (nSPS) is 46.3. The van der Waals surface area contributed by atoms with Crippen LogP contribution in [0.15, 0.2) is 23.3 Å². The molecule has 0 aliphatic heterocycles. The Hall–Kier alpha value is -2.55. The molecule has 0 aromatic rings. The van der Waals surface area contributed by atoms with Crippen molar-refractivity contribution in [2.45, 2.75) is 93.4 Å². The summed E-state index contributed by atoms with van der Waals surface area (Å²) < 4.78 is 0. The zero-order valence-corrected chi connectivity index (χ0v) is 24.7. The van der Waals surface area contributed by atoms with E-state index < -0.39 is 16.2 Å². The fourth-order valence-electron chi connectivity index (χ4n) is 10.3. The molecule has 0 aromatic heterocycles. The molecule has 0 saturated heterocycles. The van der Waals surface area contributed by atoms with Crippen LogP contribution >= 0.6 is 0 Å². The molecular weight excluding hydrogens is 486 g/mol. The molecule has 0 bridgehead atoms. The van der Waals surface area contributed by atoms with Crippen molar-refractivity contribution in [3.8, 4) is 6.07 Å². The van der Waals surface area contributed by atoms with Gasteiger partial charge in [-0.05, 0) is 86.0 Å². The Morgan fingerprint density at radius 1 is 1.10 bits per heavy atom. The summed E-state index contributed by atoms with van der Waals surface area (Å²) in [5.41, 5.74) is -2.04. The minimum atomic E-state index is -1.19. The van der Waals surface area contributed by atoms with Crippen LogP contribution in [-0.2, 0) is 14.4 Å². The zero-order valence-electron chi connectivity index (χ0n) is 24.7. The van der Waals surface area contributed by atoms with Crippen LogP contribution in [0.25, 0.3) is 5.41 Å². The number of rotatable bonds is 3. The number of carbonyl (C=O) groups excluding carboxylic acids is 3. The first-order valence-corrected chi connectivity index (χ1v) is 14.8. The van der Waals surface area contributed by atoms with Gasteiger partial charge in [0.15, 0.2) is 11.6 Å². The van der Waals surface area contributed by atoms with E-state index >= 15 is 0 Å². The maximum Gasteiger partial charge on any atom is 0.226 e.